The molecule has 2 N–H and O–H groups in total. The van der Waals surface area contributed by atoms with Crippen molar-refractivity contribution < 1.29 is 9.59 Å². The van der Waals surface area contributed by atoms with Gasteiger partial charge in [-0.3, -0.25) is 9.59 Å². The van der Waals surface area contributed by atoms with Gasteiger partial charge in [0.25, 0.3) is 0 Å². The van der Waals surface area contributed by atoms with Gasteiger partial charge in [-0.15, -0.1) is 0 Å². The van der Waals surface area contributed by atoms with Gasteiger partial charge < -0.3 is 10.6 Å². The Morgan fingerprint density at radius 2 is 1.80 bits per heavy atom. The molecule has 110 valence electrons. The number of rotatable bonds is 4. The fourth-order valence-electron chi connectivity index (χ4n) is 1.64. The van der Waals surface area contributed by atoms with Crippen molar-refractivity contribution in [1.29, 1.82) is 0 Å². The monoisotopic (exact) mass is 276 g/mol. The molecule has 0 saturated carbocycles. The highest BCUT2D eigenvalue weighted by molar-refractivity contribution is 5.92. The maximum Gasteiger partial charge on any atom is 0.226 e. The number of anilines is 1. The van der Waals surface area contributed by atoms with E-state index in [0.717, 1.165) is 16.8 Å². The minimum Gasteiger partial charge on any atom is -0.355 e. The summed E-state index contributed by atoms with van der Waals surface area (Å²) in [6.07, 6.45) is 0.273. The van der Waals surface area contributed by atoms with Gasteiger partial charge in [-0.2, -0.15) is 0 Å². The van der Waals surface area contributed by atoms with Crippen molar-refractivity contribution in [2.75, 3.05) is 11.9 Å². The van der Waals surface area contributed by atoms with Crippen LogP contribution in [-0.4, -0.2) is 18.4 Å². The third kappa shape index (κ3) is 5.03. The lowest BCUT2D eigenvalue weighted by Gasteiger charge is -2.17. The molecule has 0 heterocycles. The first-order chi connectivity index (χ1) is 9.20. The SMILES string of the molecule is Cc1ccc(C)c(NC(=O)CCNC(=O)C(C)(C)C)c1. The van der Waals surface area contributed by atoms with E-state index in [1.807, 2.05) is 52.8 Å². The van der Waals surface area contributed by atoms with Crippen LogP contribution in [0.2, 0.25) is 0 Å². The van der Waals surface area contributed by atoms with E-state index in [0.29, 0.717) is 6.54 Å². The minimum absolute atomic E-state index is 0.0444. The standard InChI is InChI=1S/C16H24N2O2/c1-11-6-7-12(2)13(10-11)18-14(19)8-9-17-15(20)16(3,4)5/h6-7,10H,8-9H2,1-5H3,(H,17,20)(H,18,19). The van der Waals surface area contributed by atoms with Gasteiger partial charge in [-0.1, -0.05) is 32.9 Å². The summed E-state index contributed by atoms with van der Waals surface area (Å²) >= 11 is 0. The number of nitrogens with one attached hydrogen (secondary N) is 2. The van der Waals surface area contributed by atoms with Crippen LogP contribution >= 0.6 is 0 Å². The molecule has 0 aliphatic carbocycles. The van der Waals surface area contributed by atoms with Gasteiger partial charge in [0.05, 0.1) is 0 Å². The summed E-state index contributed by atoms with van der Waals surface area (Å²) in [5, 5.41) is 5.64. The molecule has 0 unspecified atom stereocenters. The molecule has 0 saturated heterocycles. The predicted octanol–water partition coefficient (Wildman–Crippen LogP) is 2.79. The van der Waals surface area contributed by atoms with E-state index in [4.69, 9.17) is 0 Å². The molecular formula is C16H24N2O2. The molecule has 0 spiro atoms. The van der Waals surface area contributed by atoms with Gasteiger partial charge in [-0.25, -0.2) is 0 Å². The zero-order chi connectivity index (χ0) is 15.3. The third-order valence-corrected chi connectivity index (χ3v) is 2.99. The molecule has 0 bridgehead atoms. The summed E-state index contributed by atoms with van der Waals surface area (Å²) in [7, 11) is 0. The van der Waals surface area contributed by atoms with Crippen molar-refractivity contribution in [3.63, 3.8) is 0 Å². The average Bonchev–Trinajstić information content (AvgIpc) is 2.32. The van der Waals surface area contributed by atoms with Crippen LogP contribution in [0.5, 0.6) is 0 Å². The zero-order valence-corrected chi connectivity index (χ0v) is 13.0. The number of carbonyl (C=O) groups is 2. The third-order valence-electron chi connectivity index (χ3n) is 2.99. The van der Waals surface area contributed by atoms with E-state index >= 15 is 0 Å². The molecule has 0 radical (unpaired) electrons. The first-order valence-electron chi connectivity index (χ1n) is 6.85. The van der Waals surface area contributed by atoms with Gasteiger partial charge in [0.1, 0.15) is 0 Å². The summed E-state index contributed by atoms with van der Waals surface area (Å²) in [6, 6.07) is 5.93. The molecule has 0 aromatic heterocycles. The topological polar surface area (TPSA) is 58.2 Å². The Hall–Kier alpha value is -1.84. The van der Waals surface area contributed by atoms with Crippen molar-refractivity contribution in [3.8, 4) is 0 Å². The van der Waals surface area contributed by atoms with Crippen molar-refractivity contribution in [2.45, 2.75) is 41.0 Å². The van der Waals surface area contributed by atoms with E-state index in [2.05, 4.69) is 10.6 Å². The fraction of sp³-hybridized carbons (Fsp3) is 0.500. The van der Waals surface area contributed by atoms with Crippen LogP contribution in [0.4, 0.5) is 5.69 Å². The van der Waals surface area contributed by atoms with Crippen molar-refractivity contribution in [1.82, 2.24) is 5.32 Å². The first kappa shape index (κ1) is 16.2. The second-order valence-electron chi connectivity index (χ2n) is 6.12. The van der Waals surface area contributed by atoms with E-state index in [1.54, 1.807) is 0 Å². The minimum atomic E-state index is -0.427. The molecule has 0 fully saturated rings. The number of amides is 2. The quantitative estimate of drug-likeness (QED) is 0.888. The molecular weight excluding hydrogens is 252 g/mol. The number of benzene rings is 1. The average molecular weight is 276 g/mol. The van der Waals surface area contributed by atoms with Crippen LogP contribution in [0.1, 0.15) is 38.3 Å². The lowest BCUT2D eigenvalue weighted by atomic mass is 9.96. The Kier molecular flexibility index (Phi) is 5.31. The molecule has 1 rings (SSSR count). The molecule has 1 aromatic rings. The summed E-state index contributed by atoms with van der Waals surface area (Å²) in [4.78, 5) is 23.5. The molecule has 4 nitrogen and oxygen atoms in total. The zero-order valence-electron chi connectivity index (χ0n) is 13.0. The number of hydrogen-bond donors (Lipinski definition) is 2. The largest absolute Gasteiger partial charge is 0.355 e. The number of hydrogen-bond acceptors (Lipinski definition) is 2. The second-order valence-corrected chi connectivity index (χ2v) is 6.12. The van der Waals surface area contributed by atoms with Crippen molar-refractivity contribution in [2.24, 2.45) is 5.41 Å². The molecule has 20 heavy (non-hydrogen) atoms. The molecule has 1 aromatic carbocycles. The Morgan fingerprint density at radius 1 is 1.15 bits per heavy atom. The fourth-order valence-corrected chi connectivity index (χ4v) is 1.64. The lowest BCUT2D eigenvalue weighted by Crippen LogP contribution is -2.36. The maximum absolute atomic E-state index is 11.8. The summed E-state index contributed by atoms with van der Waals surface area (Å²) in [6.45, 7) is 9.83. The summed E-state index contributed by atoms with van der Waals surface area (Å²) in [5.41, 5.74) is 2.54. The van der Waals surface area contributed by atoms with Gasteiger partial charge in [0.2, 0.25) is 11.8 Å². The summed E-state index contributed by atoms with van der Waals surface area (Å²) in [5.74, 6) is -0.134. The van der Waals surface area contributed by atoms with E-state index in [9.17, 15) is 9.59 Å². The summed E-state index contributed by atoms with van der Waals surface area (Å²) < 4.78 is 0. The Labute approximate surface area is 121 Å². The smallest absolute Gasteiger partial charge is 0.226 e. The highest BCUT2D eigenvalue weighted by Gasteiger charge is 2.20. The Morgan fingerprint density at radius 3 is 2.40 bits per heavy atom. The van der Waals surface area contributed by atoms with Gasteiger partial charge in [0.15, 0.2) is 0 Å². The van der Waals surface area contributed by atoms with Gasteiger partial charge in [-0.05, 0) is 31.0 Å². The van der Waals surface area contributed by atoms with Crippen molar-refractivity contribution >= 4 is 17.5 Å². The van der Waals surface area contributed by atoms with Crippen LogP contribution in [-0.2, 0) is 9.59 Å². The van der Waals surface area contributed by atoms with Crippen LogP contribution < -0.4 is 10.6 Å². The normalized spacial score (nSPS) is 11.1. The molecule has 0 aliphatic heterocycles. The van der Waals surface area contributed by atoms with Crippen LogP contribution in [0, 0.1) is 19.3 Å². The maximum atomic E-state index is 11.8. The van der Waals surface area contributed by atoms with Crippen molar-refractivity contribution in [3.05, 3.63) is 29.3 Å². The Balaban J connectivity index is 2.45. The van der Waals surface area contributed by atoms with Crippen LogP contribution in [0.3, 0.4) is 0 Å². The second kappa shape index (κ2) is 6.55. The highest BCUT2D eigenvalue weighted by atomic mass is 16.2. The molecule has 4 heteroatoms. The number of aryl methyl sites for hydroxylation is 2. The van der Waals surface area contributed by atoms with Crippen LogP contribution in [0.25, 0.3) is 0 Å². The Bertz CT molecular complexity index is 502. The van der Waals surface area contributed by atoms with E-state index < -0.39 is 5.41 Å². The highest BCUT2D eigenvalue weighted by Crippen LogP contribution is 2.16. The predicted molar refractivity (Wildman–Crippen MR) is 81.6 cm³/mol. The lowest BCUT2D eigenvalue weighted by molar-refractivity contribution is -0.128. The first-order valence-corrected chi connectivity index (χ1v) is 6.85. The number of carbonyl (C=O) groups excluding carboxylic acids is 2. The van der Waals surface area contributed by atoms with E-state index in [1.165, 1.54) is 0 Å². The van der Waals surface area contributed by atoms with Gasteiger partial charge >= 0.3 is 0 Å². The molecule has 2 amide bonds. The van der Waals surface area contributed by atoms with E-state index in [-0.39, 0.29) is 18.2 Å². The van der Waals surface area contributed by atoms with Crippen LogP contribution in [0.15, 0.2) is 18.2 Å². The molecule has 0 atom stereocenters. The molecule has 0 aliphatic rings. The van der Waals surface area contributed by atoms with Gasteiger partial charge in [0, 0.05) is 24.1 Å².